The molecular formula is C15H12Br2O3. The van der Waals surface area contributed by atoms with E-state index < -0.39 is 5.97 Å². The molecule has 2 aromatic carbocycles. The Hall–Kier alpha value is -1.33. The van der Waals surface area contributed by atoms with E-state index in [0.717, 1.165) is 10.2 Å². The van der Waals surface area contributed by atoms with Crippen molar-refractivity contribution in [1.82, 2.24) is 0 Å². The number of hydrogen-bond donors (Lipinski definition) is 0. The second-order valence-electron chi connectivity index (χ2n) is 3.92. The molecule has 2 rings (SSSR count). The highest BCUT2D eigenvalue weighted by molar-refractivity contribution is 9.11. The number of benzene rings is 2. The largest absolute Gasteiger partial charge is 0.494 e. The van der Waals surface area contributed by atoms with Crippen LogP contribution in [-0.2, 0) is 0 Å². The summed E-state index contributed by atoms with van der Waals surface area (Å²) in [5.41, 5.74) is 0.475. The summed E-state index contributed by atoms with van der Waals surface area (Å²) >= 11 is 6.70. The van der Waals surface area contributed by atoms with Crippen molar-refractivity contribution in [3.05, 3.63) is 57.0 Å². The summed E-state index contributed by atoms with van der Waals surface area (Å²) in [5.74, 6) is 0.803. The minimum absolute atomic E-state index is 0.406. The molecule has 0 spiro atoms. The van der Waals surface area contributed by atoms with Crippen molar-refractivity contribution in [2.24, 2.45) is 0 Å². The summed E-state index contributed by atoms with van der Waals surface area (Å²) in [7, 11) is 0. The first-order valence-electron chi connectivity index (χ1n) is 6.00. The van der Waals surface area contributed by atoms with Gasteiger partial charge in [0.2, 0.25) is 0 Å². The average Bonchev–Trinajstić information content (AvgIpc) is 2.43. The lowest BCUT2D eigenvalue weighted by Crippen LogP contribution is -2.08. The monoisotopic (exact) mass is 398 g/mol. The van der Waals surface area contributed by atoms with Crippen LogP contribution in [0, 0.1) is 0 Å². The standard InChI is InChI=1S/C15H12Br2O3/c1-2-19-12-6-3-10(4-7-12)15(18)20-14-8-5-11(16)9-13(14)17/h3-9H,2H2,1H3. The lowest BCUT2D eigenvalue weighted by atomic mass is 10.2. The van der Waals surface area contributed by atoms with Crippen LogP contribution in [0.25, 0.3) is 0 Å². The summed E-state index contributed by atoms with van der Waals surface area (Å²) < 4.78 is 12.3. The molecule has 0 N–H and O–H groups in total. The first-order valence-corrected chi connectivity index (χ1v) is 7.59. The van der Waals surface area contributed by atoms with Gasteiger partial charge in [-0.3, -0.25) is 0 Å². The first-order chi connectivity index (χ1) is 9.60. The van der Waals surface area contributed by atoms with Crippen LogP contribution < -0.4 is 9.47 Å². The number of rotatable bonds is 4. The number of esters is 1. The summed E-state index contributed by atoms with van der Waals surface area (Å²) in [5, 5.41) is 0. The van der Waals surface area contributed by atoms with Crippen molar-refractivity contribution < 1.29 is 14.3 Å². The molecule has 0 saturated heterocycles. The first kappa shape index (κ1) is 15.1. The highest BCUT2D eigenvalue weighted by atomic mass is 79.9. The van der Waals surface area contributed by atoms with Gasteiger partial charge >= 0.3 is 5.97 Å². The highest BCUT2D eigenvalue weighted by Crippen LogP contribution is 2.29. The minimum Gasteiger partial charge on any atom is -0.494 e. The highest BCUT2D eigenvalue weighted by Gasteiger charge is 2.11. The molecule has 20 heavy (non-hydrogen) atoms. The lowest BCUT2D eigenvalue weighted by molar-refractivity contribution is 0.0733. The molecule has 0 aliphatic carbocycles. The predicted molar refractivity (Wildman–Crippen MR) is 84.4 cm³/mol. The number of carbonyl (C=O) groups is 1. The van der Waals surface area contributed by atoms with Gasteiger partial charge in [-0.05, 0) is 65.3 Å². The minimum atomic E-state index is -0.406. The van der Waals surface area contributed by atoms with Crippen molar-refractivity contribution in [1.29, 1.82) is 0 Å². The molecule has 0 unspecified atom stereocenters. The Bertz CT molecular complexity index is 609. The van der Waals surface area contributed by atoms with Crippen LogP contribution in [0.3, 0.4) is 0 Å². The Morgan fingerprint density at radius 3 is 2.40 bits per heavy atom. The topological polar surface area (TPSA) is 35.5 Å². The third-order valence-corrected chi connectivity index (χ3v) is 3.61. The van der Waals surface area contributed by atoms with Gasteiger partial charge in [-0.2, -0.15) is 0 Å². The molecule has 0 radical (unpaired) electrons. The quantitative estimate of drug-likeness (QED) is 0.545. The summed E-state index contributed by atoms with van der Waals surface area (Å²) in [6.45, 7) is 2.50. The van der Waals surface area contributed by atoms with E-state index in [1.165, 1.54) is 0 Å². The molecule has 3 nitrogen and oxygen atoms in total. The summed E-state index contributed by atoms with van der Waals surface area (Å²) in [6, 6.07) is 12.2. The van der Waals surface area contributed by atoms with Crippen LogP contribution >= 0.6 is 31.9 Å². The predicted octanol–water partition coefficient (Wildman–Crippen LogP) is 4.83. The van der Waals surface area contributed by atoms with E-state index in [4.69, 9.17) is 9.47 Å². The van der Waals surface area contributed by atoms with Gasteiger partial charge in [0.1, 0.15) is 11.5 Å². The maximum atomic E-state index is 12.0. The second kappa shape index (κ2) is 6.90. The van der Waals surface area contributed by atoms with Crippen LogP contribution in [0.4, 0.5) is 0 Å². The Labute approximate surface area is 134 Å². The van der Waals surface area contributed by atoms with Crippen LogP contribution in [0.5, 0.6) is 11.5 Å². The van der Waals surface area contributed by atoms with E-state index in [0.29, 0.717) is 22.4 Å². The molecule has 0 atom stereocenters. The van der Waals surface area contributed by atoms with Crippen LogP contribution in [0.2, 0.25) is 0 Å². The Morgan fingerprint density at radius 2 is 1.80 bits per heavy atom. The van der Waals surface area contributed by atoms with Gasteiger partial charge in [-0.15, -0.1) is 0 Å². The molecule has 0 heterocycles. The van der Waals surface area contributed by atoms with Gasteiger partial charge in [-0.1, -0.05) is 15.9 Å². The molecular weight excluding hydrogens is 388 g/mol. The van der Waals surface area contributed by atoms with E-state index in [9.17, 15) is 4.79 Å². The molecule has 2 aromatic rings. The number of carbonyl (C=O) groups excluding carboxylic acids is 1. The lowest BCUT2D eigenvalue weighted by Gasteiger charge is -2.07. The normalized spacial score (nSPS) is 10.2. The van der Waals surface area contributed by atoms with E-state index in [-0.39, 0.29) is 0 Å². The molecule has 0 aliphatic rings. The van der Waals surface area contributed by atoms with Gasteiger partial charge < -0.3 is 9.47 Å². The fourth-order valence-electron chi connectivity index (χ4n) is 1.57. The summed E-state index contributed by atoms with van der Waals surface area (Å²) in [6.07, 6.45) is 0. The molecule has 0 fully saturated rings. The van der Waals surface area contributed by atoms with Crippen molar-refractivity contribution in [3.63, 3.8) is 0 Å². The molecule has 0 bridgehead atoms. The van der Waals surface area contributed by atoms with Gasteiger partial charge in [0, 0.05) is 4.47 Å². The number of halogens is 2. The summed E-state index contributed by atoms with van der Waals surface area (Å²) in [4.78, 5) is 12.0. The van der Waals surface area contributed by atoms with E-state index in [1.54, 1.807) is 30.3 Å². The zero-order chi connectivity index (χ0) is 14.5. The SMILES string of the molecule is CCOc1ccc(C(=O)Oc2ccc(Br)cc2Br)cc1. The maximum Gasteiger partial charge on any atom is 0.343 e. The zero-order valence-electron chi connectivity index (χ0n) is 10.7. The fourth-order valence-corrected chi connectivity index (χ4v) is 2.70. The van der Waals surface area contributed by atoms with Crippen molar-refractivity contribution >= 4 is 37.8 Å². The molecule has 0 saturated carbocycles. The Morgan fingerprint density at radius 1 is 1.10 bits per heavy atom. The van der Waals surface area contributed by atoms with Crippen LogP contribution in [0.15, 0.2) is 51.4 Å². The molecule has 0 amide bonds. The van der Waals surface area contributed by atoms with Gasteiger partial charge in [0.05, 0.1) is 16.6 Å². The van der Waals surface area contributed by atoms with Gasteiger partial charge in [0.15, 0.2) is 0 Å². The van der Waals surface area contributed by atoms with Crippen molar-refractivity contribution in [3.8, 4) is 11.5 Å². The second-order valence-corrected chi connectivity index (χ2v) is 5.69. The fraction of sp³-hybridized carbons (Fsp3) is 0.133. The van der Waals surface area contributed by atoms with E-state index >= 15 is 0 Å². The molecule has 0 aromatic heterocycles. The molecule has 0 aliphatic heterocycles. The molecule has 5 heteroatoms. The maximum absolute atomic E-state index is 12.0. The van der Waals surface area contributed by atoms with Gasteiger partial charge in [0.25, 0.3) is 0 Å². The van der Waals surface area contributed by atoms with E-state index in [1.807, 2.05) is 19.1 Å². The van der Waals surface area contributed by atoms with Crippen molar-refractivity contribution in [2.75, 3.05) is 6.61 Å². The van der Waals surface area contributed by atoms with E-state index in [2.05, 4.69) is 31.9 Å². The average molecular weight is 400 g/mol. The zero-order valence-corrected chi connectivity index (χ0v) is 13.9. The third kappa shape index (κ3) is 3.84. The Balaban J connectivity index is 2.11. The number of hydrogen-bond acceptors (Lipinski definition) is 3. The van der Waals surface area contributed by atoms with Crippen LogP contribution in [-0.4, -0.2) is 12.6 Å². The van der Waals surface area contributed by atoms with Crippen molar-refractivity contribution in [2.45, 2.75) is 6.92 Å². The molecule has 104 valence electrons. The number of ether oxygens (including phenoxy) is 2. The Kier molecular flexibility index (Phi) is 5.20. The van der Waals surface area contributed by atoms with Crippen LogP contribution in [0.1, 0.15) is 17.3 Å². The smallest absolute Gasteiger partial charge is 0.343 e. The third-order valence-electron chi connectivity index (χ3n) is 2.50. The van der Waals surface area contributed by atoms with Gasteiger partial charge in [-0.25, -0.2) is 4.79 Å².